The lowest BCUT2D eigenvalue weighted by Crippen LogP contribution is -2.56. The van der Waals surface area contributed by atoms with E-state index in [9.17, 15) is 14.4 Å². The molecule has 6 nitrogen and oxygen atoms in total. The highest BCUT2D eigenvalue weighted by molar-refractivity contribution is 5.97. The van der Waals surface area contributed by atoms with Gasteiger partial charge in [-0.25, -0.2) is 0 Å². The number of nitrogens with one attached hydrogen (secondary N) is 1. The summed E-state index contributed by atoms with van der Waals surface area (Å²) in [5, 5.41) is 3.11. The summed E-state index contributed by atoms with van der Waals surface area (Å²) in [4.78, 5) is 36.9. The van der Waals surface area contributed by atoms with Gasteiger partial charge in [-0.15, -0.1) is 0 Å². The van der Waals surface area contributed by atoms with Gasteiger partial charge >= 0.3 is 5.97 Å². The molecular weight excluding hydrogens is 418 g/mol. The van der Waals surface area contributed by atoms with Gasteiger partial charge in [-0.3, -0.25) is 14.4 Å². The highest BCUT2D eigenvalue weighted by Crippen LogP contribution is 2.61. The van der Waals surface area contributed by atoms with E-state index in [-0.39, 0.29) is 42.6 Å². The summed E-state index contributed by atoms with van der Waals surface area (Å²) in [5.41, 5.74) is 0.756. The van der Waals surface area contributed by atoms with Crippen LogP contribution >= 0.6 is 0 Å². The van der Waals surface area contributed by atoms with Crippen molar-refractivity contribution < 1.29 is 23.9 Å². The Balaban J connectivity index is 1.17. The average molecular weight is 456 g/mol. The third-order valence-electron chi connectivity index (χ3n) is 7.95. The molecule has 1 amide bonds. The van der Waals surface area contributed by atoms with E-state index in [4.69, 9.17) is 9.47 Å². The molecule has 4 saturated carbocycles. The number of Topliss-reactive ketones (excluding diaryl/α,β-unsaturated/α-hetero) is 1. The van der Waals surface area contributed by atoms with Crippen molar-refractivity contribution in [2.24, 2.45) is 23.2 Å². The first kappa shape index (κ1) is 23.8. The fourth-order valence-corrected chi connectivity index (χ4v) is 6.68. The molecule has 1 N–H and O–H groups in total. The Morgan fingerprint density at radius 2 is 1.61 bits per heavy atom. The van der Waals surface area contributed by atoms with Crippen LogP contribution in [-0.4, -0.2) is 36.9 Å². The van der Waals surface area contributed by atoms with Crippen molar-refractivity contribution in [3.05, 3.63) is 29.8 Å². The summed E-state index contributed by atoms with van der Waals surface area (Å²) in [6.45, 7) is 4.50. The molecule has 1 aromatic rings. The molecule has 4 fully saturated rings. The zero-order chi connectivity index (χ0) is 23.4. The van der Waals surface area contributed by atoms with Crippen molar-refractivity contribution in [3.63, 3.8) is 0 Å². The molecule has 6 heteroatoms. The maximum absolute atomic E-state index is 12.5. The molecule has 0 saturated heterocycles. The van der Waals surface area contributed by atoms with Crippen LogP contribution in [0.15, 0.2) is 24.3 Å². The Morgan fingerprint density at radius 3 is 2.18 bits per heavy atom. The summed E-state index contributed by atoms with van der Waals surface area (Å²) >= 11 is 0. The molecule has 180 valence electrons. The van der Waals surface area contributed by atoms with Crippen molar-refractivity contribution in [2.75, 3.05) is 13.2 Å². The Hall–Kier alpha value is -2.37. The van der Waals surface area contributed by atoms with Crippen LogP contribution in [0.3, 0.4) is 0 Å². The third kappa shape index (κ3) is 5.77. The van der Waals surface area contributed by atoms with Crippen molar-refractivity contribution in [1.29, 1.82) is 0 Å². The van der Waals surface area contributed by atoms with Gasteiger partial charge in [0.15, 0.2) is 12.4 Å². The molecule has 33 heavy (non-hydrogen) atoms. The molecule has 0 aromatic heterocycles. The van der Waals surface area contributed by atoms with Crippen LogP contribution in [-0.2, 0) is 14.3 Å². The van der Waals surface area contributed by atoms with E-state index in [1.807, 2.05) is 6.92 Å². The normalized spacial score (nSPS) is 28.2. The predicted molar refractivity (Wildman–Crippen MR) is 125 cm³/mol. The van der Waals surface area contributed by atoms with E-state index in [1.165, 1.54) is 38.5 Å². The van der Waals surface area contributed by atoms with Crippen LogP contribution < -0.4 is 10.1 Å². The van der Waals surface area contributed by atoms with E-state index in [2.05, 4.69) is 12.2 Å². The standard InChI is InChI=1S/C27H37NO5/c1-3-10-32-23-6-4-22(5-7-23)24(29)8-9-26(31)33-17-25(30)28-18(2)27-14-19-11-20(15-27)13-21(12-19)16-27/h4-7,18-21H,3,8-17H2,1-2H3,(H,28,30)/t18-,19?,20?,21?,27?/m1/s1. The molecule has 4 aliphatic carbocycles. The molecule has 1 aromatic carbocycles. The average Bonchev–Trinajstić information content (AvgIpc) is 2.79. The van der Waals surface area contributed by atoms with Crippen LogP contribution in [0.4, 0.5) is 0 Å². The first-order valence-corrected chi connectivity index (χ1v) is 12.6. The Kier molecular flexibility index (Phi) is 7.40. The van der Waals surface area contributed by atoms with E-state index >= 15 is 0 Å². The highest BCUT2D eigenvalue weighted by Gasteiger charge is 2.53. The maximum atomic E-state index is 12.5. The maximum Gasteiger partial charge on any atom is 0.306 e. The van der Waals surface area contributed by atoms with Gasteiger partial charge in [-0.1, -0.05) is 6.92 Å². The number of hydrogen-bond acceptors (Lipinski definition) is 5. The van der Waals surface area contributed by atoms with Crippen LogP contribution in [0.1, 0.15) is 82.0 Å². The van der Waals surface area contributed by atoms with E-state index in [1.54, 1.807) is 24.3 Å². The minimum atomic E-state index is -0.524. The zero-order valence-electron chi connectivity index (χ0n) is 19.9. The number of ether oxygens (including phenoxy) is 2. The molecule has 0 heterocycles. The SMILES string of the molecule is CCCOc1ccc(C(=O)CCC(=O)OCC(=O)N[C@H](C)C23CC4CC(CC(C4)C2)C3)cc1. The van der Waals surface area contributed by atoms with Crippen LogP contribution in [0.5, 0.6) is 5.75 Å². The predicted octanol–water partition coefficient (Wildman–Crippen LogP) is 4.70. The lowest BCUT2D eigenvalue weighted by Gasteiger charge is -2.59. The molecule has 4 bridgehead atoms. The van der Waals surface area contributed by atoms with Gasteiger partial charge < -0.3 is 14.8 Å². The second kappa shape index (κ2) is 10.3. The molecular formula is C27H37NO5. The number of rotatable bonds is 11. The fourth-order valence-electron chi connectivity index (χ4n) is 6.68. The van der Waals surface area contributed by atoms with Gasteiger partial charge in [0.1, 0.15) is 5.75 Å². The molecule has 0 radical (unpaired) electrons. The van der Waals surface area contributed by atoms with Gasteiger partial charge in [0.05, 0.1) is 13.0 Å². The summed E-state index contributed by atoms with van der Waals surface area (Å²) in [5.74, 6) is 2.29. The number of carbonyl (C=O) groups is 3. The largest absolute Gasteiger partial charge is 0.494 e. The fraction of sp³-hybridized carbons (Fsp3) is 0.667. The van der Waals surface area contributed by atoms with Crippen molar-refractivity contribution in [1.82, 2.24) is 5.32 Å². The van der Waals surface area contributed by atoms with Crippen LogP contribution in [0, 0.1) is 23.2 Å². The second-order valence-electron chi connectivity index (χ2n) is 10.5. The van der Waals surface area contributed by atoms with E-state index in [0.29, 0.717) is 12.2 Å². The summed E-state index contributed by atoms with van der Waals surface area (Å²) in [7, 11) is 0. The summed E-state index contributed by atoms with van der Waals surface area (Å²) < 4.78 is 10.7. The molecule has 1 atom stereocenters. The Bertz CT molecular complexity index is 826. The van der Waals surface area contributed by atoms with Crippen molar-refractivity contribution in [2.45, 2.75) is 77.7 Å². The second-order valence-corrected chi connectivity index (χ2v) is 10.5. The number of carbonyl (C=O) groups excluding carboxylic acids is 3. The Labute approximate surface area is 196 Å². The molecule has 5 rings (SSSR count). The first-order chi connectivity index (χ1) is 15.9. The highest BCUT2D eigenvalue weighted by atomic mass is 16.5. The smallest absolute Gasteiger partial charge is 0.306 e. The van der Waals surface area contributed by atoms with E-state index in [0.717, 1.165) is 29.9 Å². The van der Waals surface area contributed by atoms with Gasteiger partial charge in [-0.05, 0) is 99.3 Å². The zero-order valence-corrected chi connectivity index (χ0v) is 19.9. The number of esters is 1. The summed E-state index contributed by atoms with van der Waals surface area (Å²) in [6, 6.07) is 7.03. The lowest BCUT2D eigenvalue weighted by atomic mass is 9.48. The summed E-state index contributed by atoms with van der Waals surface area (Å²) in [6.07, 6.45) is 8.69. The van der Waals surface area contributed by atoms with Gasteiger partial charge in [-0.2, -0.15) is 0 Å². The number of hydrogen-bond donors (Lipinski definition) is 1. The van der Waals surface area contributed by atoms with Gasteiger partial charge in [0.2, 0.25) is 0 Å². The number of amides is 1. The van der Waals surface area contributed by atoms with Crippen LogP contribution in [0.25, 0.3) is 0 Å². The number of benzene rings is 1. The number of ketones is 1. The minimum absolute atomic E-state index is 0.0370. The van der Waals surface area contributed by atoms with Gasteiger partial charge in [0, 0.05) is 18.0 Å². The van der Waals surface area contributed by atoms with Crippen molar-refractivity contribution >= 4 is 17.7 Å². The van der Waals surface area contributed by atoms with Crippen LogP contribution in [0.2, 0.25) is 0 Å². The molecule has 0 aliphatic heterocycles. The van der Waals surface area contributed by atoms with Gasteiger partial charge in [0.25, 0.3) is 5.91 Å². The quantitative estimate of drug-likeness (QED) is 0.386. The minimum Gasteiger partial charge on any atom is -0.494 e. The third-order valence-corrected chi connectivity index (χ3v) is 7.95. The Morgan fingerprint density at radius 1 is 1.00 bits per heavy atom. The van der Waals surface area contributed by atoms with Crippen molar-refractivity contribution in [3.8, 4) is 5.75 Å². The van der Waals surface area contributed by atoms with E-state index < -0.39 is 5.97 Å². The molecule has 0 spiro atoms. The topological polar surface area (TPSA) is 81.7 Å². The molecule has 0 unspecified atom stereocenters. The first-order valence-electron chi connectivity index (χ1n) is 12.6. The monoisotopic (exact) mass is 455 g/mol. The lowest BCUT2D eigenvalue weighted by molar-refractivity contribution is -0.149. The molecule has 4 aliphatic rings.